The minimum Gasteiger partial charge on any atom is -0.368 e. The van der Waals surface area contributed by atoms with Crippen molar-refractivity contribution in [2.24, 2.45) is 34.5 Å². The maximum absolute atomic E-state index is 14.2. The first kappa shape index (κ1) is 14.9. The number of halogens is 1. The van der Waals surface area contributed by atoms with Crippen molar-refractivity contribution in [2.45, 2.75) is 57.9 Å². The average Bonchev–Trinajstić information content (AvgIpc) is 2.84. The van der Waals surface area contributed by atoms with E-state index in [9.17, 15) is 14.6 Å². The third kappa shape index (κ3) is 1.85. The van der Waals surface area contributed by atoms with Crippen LogP contribution in [-0.4, -0.2) is 22.7 Å². The maximum Gasteiger partial charge on any atom is 0.157 e. The van der Waals surface area contributed by atoms with Crippen LogP contribution in [0.15, 0.2) is 24.3 Å². The molecule has 3 saturated carbocycles. The average molecular weight is 306 g/mol. The van der Waals surface area contributed by atoms with Crippen LogP contribution in [0.5, 0.6) is 0 Å². The third-order valence-electron chi connectivity index (χ3n) is 7.64. The molecule has 0 spiro atoms. The van der Waals surface area contributed by atoms with Crippen molar-refractivity contribution in [3.05, 3.63) is 24.3 Å². The molecule has 4 rings (SSSR count). The Bertz CT molecular complexity index is 514. The van der Waals surface area contributed by atoms with E-state index in [1.807, 2.05) is 0 Å². The molecule has 0 heterocycles. The quantitative estimate of drug-likeness (QED) is 0.727. The Morgan fingerprint density at radius 2 is 1.95 bits per heavy atom. The Labute approximate surface area is 132 Å². The van der Waals surface area contributed by atoms with Crippen molar-refractivity contribution in [2.75, 3.05) is 0 Å². The summed E-state index contributed by atoms with van der Waals surface area (Å²) >= 11 is 0. The van der Waals surface area contributed by atoms with Crippen molar-refractivity contribution in [3.63, 3.8) is 0 Å². The van der Waals surface area contributed by atoms with Crippen molar-refractivity contribution in [3.8, 4) is 0 Å². The van der Waals surface area contributed by atoms with Crippen molar-refractivity contribution in [1.82, 2.24) is 0 Å². The van der Waals surface area contributed by atoms with E-state index in [4.69, 9.17) is 0 Å². The summed E-state index contributed by atoms with van der Waals surface area (Å²) in [4.78, 5) is 0. The Kier molecular flexibility index (Phi) is 3.32. The fourth-order valence-electron chi connectivity index (χ4n) is 6.54. The van der Waals surface area contributed by atoms with Gasteiger partial charge >= 0.3 is 0 Å². The molecule has 4 aliphatic rings. The number of aliphatic hydroxyl groups excluding tert-OH is 1. The van der Waals surface area contributed by atoms with Crippen molar-refractivity contribution in [1.29, 1.82) is 0 Å². The monoisotopic (exact) mass is 306 g/mol. The molecule has 0 aromatic carbocycles. The van der Waals surface area contributed by atoms with Gasteiger partial charge in [-0.25, -0.2) is 4.39 Å². The number of allylic oxidation sites excluding steroid dienone is 4. The van der Waals surface area contributed by atoms with E-state index in [2.05, 4.69) is 31.2 Å². The summed E-state index contributed by atoms with van der Waals surface area (Å²) < 4.78 is 14.2. The van der Waals surface area contributed by atoms with Gasteiger partial charge in [-0.3, -0.25) is 0 Å². The molecule has 0 aliphatic heterocycles. The van der Waals surface area contributed by atoms with Crippen LogP contribution < -0.4 is 0 Å². The Morgan fingerprint density at radius 1 is 1.14 bits per heavy atom. The molecule has 7 atom stereocenters. The smallest absolute Gasteiger partial charge is 0.157 e. The number of hydrogen-bond donors (Lipinski definition) is 2. The van der Waals surface area contributed by atoms with E-state index < -0.39 is 17.9 Å². The zero-order valence-corrected chi connectivity index (χ0v) is 13.3. The zero-order valence-electron chi connectivity index (χ0n) is 13.3. The number of aliphatic hydroxyl groups is 2. The summed E-state index contributed by atoms with van der Waals surface area (Å²) in [5, 5.41) is 20.0. The van der Waals surface area contributed by atoms with E-state index in [-0.39, 0.29) is 11.3 Å². The van der Waals surface area contributed by atoms with Gasteiger partial charge in [0.25, 0.3) is 0 Å². The highest BCUT2D eigenvalue weighted by Crippen LogP contribution is 2.65. The molecule has 2 nitrogen and oxygen atoms in total. The second kappa shape index (κ2) is 4.91. The van der Waals surface area contributed by atoms with Crippen LogP contribution >= 0.6 is 0 Å². The SMILES string of the molecule is C[C@]12C=CC=CC1CC[C@H]1[C@@H]3C[C@@H](F)C[C@@]3(C(O)O)CC[C@@H]12. The largest absolute Gasteiger partial charge is 0.368 e. The molecule has 0 saturated heterocycles. The lowest BCUT2D eigenvalue weighted by atomic mass is 9.47. The molecule has 3 heteroatoms. The van der Waals surface area contributed by atoms with Crippen LogP contribution in [0.1, 0.15) is 45.4 Å². The van der Waals surface area contributed by atoms with Gasteiger partial charge in [-0.2, -0.15) is 0 Å². The number of fused-ring (bicyclic) bond motifs is 5. The molecule has 3 fully saturated rings. The summed E-state index contributed by atoms with van der Waals surface area (Å²) in [6, 6.07) is 0. The van der Waals surface area contributed by atoms with E-state index in [0.29, 0.717) is 30.6 Å². The molecule has 0 amide bonds. The van der Waals surface area contributed by atoms with Crippen LogP contribution in [-0.2, 0) is 0 Å². The van der Waals surface area contributed by atoms with E-state index >= 15 is 0 Å². The lowest BCUT2D eigenvalue weighted by Gasteiger charge is -2.58. The van der Waals surface area contributed by atoms with Gasteiger partial charge < -0.3 is 10.2 Å². The van der Waals surface area contributed by atoms with Gasteiger partial charge in [0.05, 0.1) is 0 Å². The fourth-order valence-corrected chi connectivity index (χ4v) is 6.54. The Balaban J connectivity index is 1.69. The van der Waals surface area contributed by atoms with Crippen LogP contribution in [0, 0.1) is 34.5 Å². The van der Waals surface area contributed by atoms with Gasteiger partial charge in [0.2, 0.25) is 0 Å². The first-order chi connectivity index (χ1) is 10.5. The first-order valence-electron chi connectivity index (χ1n) is 8.83. The van der Waals surface area contributed by atoms with Gasteiger partial charge in [0.15, 0.2) is 6.29 Å². The predicted molar refractivity (Wildman–Crippen MR) is 83.6 cm³/mol. The van der Waals surface area contributed by atoms with Gasteiger partial charge in [-0.1, -0.05) is 31.2 Å². The Morgan fingerprint density at radius 3 is 2.73 bits per heavy atom. The summed E-state index contributed by atoms with van der Waals surface area (Å²) in [6.07, 6.45) is 11.7. The molecule has 2 N–H and O–H groups in total. The lowest BCUT2D eigenvalue weighted by molar-refractivity contribution is -0.192. The van der Waals surface area contributed by atoms with E-state index in [0.717, 1.165) is 25.7 Å². The molecule has 0 bridgehead atoms. The first-order valence-corrected chi connectivity index (χ1v) is 8.83. The van der Waals surface area contributed by atoms with Crippen LogP contribution in [0.4, 0.5) is 4.39 Å². The summed E-state index contributed by atoms with van der Waals surface area (Å²) in [7, 11) is 0. The molecule has 1 unspecified atom stereocenters. The molecule has 0 aromatic heterocycles. The highest BCUT2D eigenvalue weighted by Gasteiger charge is 2.61. The highest BCUT2D eigenvalue weighted by molar-refractivity contribution is 5.24. The fraction of sp³-hybridized carbons (Fsp3) is 0.789. The normalized spacial score (nSPS) is 53.2. The van der Waals surface area contributed by atoms with Gasteiger partial charge in [0.1, 0.15) is 6.17 Å². The molecule has 0 radical (unpaired) electrons. The van der Waals surface area contributed by atoms with E-state index in [1.165, 1.54) is 0 Å². The molecular weight excluding hydrogens is 279 g/mol. The summed E-state index contributed by atoms with van der Waals surface area (Å²) in [5.74, 6) is 1.72. The predicted octanol–water partition coefficient (Wildman–Crippen LogP) is 3.60. The minimum atomic E-state index is -1.37. The maximum atomic E-state index is 14.2. The number of alkyl halides is 1. The topological polar surface area (TPSA) is 40.5 Å². The van der Waals surface area contributed by atoms with Crippen LogP contribution in [0.2, 0.25) is 0 Å². The highest BCUT2D eigenvalue weighted by atomic mass is 19.1. The Hall–Kier alpha value is -0.670. The van der Waals surface area contributed by atoms with Gasteiger partial charge in [0, 0.05) is 5.41 Å². The van der Waals surface area contributed by atoms with Gasteiger partial charge in [-0.05, 0) is 67.6 Å². The number of hydrogen-bond acceptors (Lipinski definition) is 2. The summed E-state index contributed by atoms with van der Waals surface area (Å²) in [6.45, 7) is 2.36. The molecule has 0 aromatic rings. The standard InChI is InChI=1S/C19H27FO2/c1-18-8-3-2-4-12(18)5-6-14-15(18)7-9-19(17(21)22)11-13(20)10-16(14)19/h2-4,8,12-17,21-22H,5-7,9-11H2,1H3/t12?,13-,14-,15+,16+,18+,19+/m1/s1. The second-order valence-electron chi connectivity index (χ2n) is 8.35. The van der Waals surface area contributed by atoms with Crippen molar-refractivity contribution < 1.29 is 14.6 Å². The van der Waals surface area contributed by atoms with Gasteiger partial charge in [-0.15, -0.1) is 0 Å². The third-order valence-corrected chi connectivity index (χ3v) is 7.64. The molecule has 122 valence electrons. The van der Waals surface area contributed by atoms with Crippen LogP contribution in [0.25, 0.3) is 0 Å². The zero-order chi connectivity index (χ0) is 15.5. The van der Waals surface area contributed by atoms with Crippen molar-refractivity contribution >= 4 is 0 Å². The summed E-state index contributed by atoms with van der Waals surface area (Å²) in [5.41, 5.74) is -0.420. The molecule has 4 aliphatic carbocycles. The molecule has 22 heavy (non-hydrogen) atoms. The van der Waals surface area contributed by atoms with Crippen LogP contribution in [0.3, 0.4) is 0 Å². The lowest BCUT2D eigenvalue weighted by Crippen LogP contribution is -2.53. The van der Waals surface area contributed by atoms with E-state index in [1.54, 1.807) is 0 Å². The molecular formula is C19H27FO2. The number of rotatable bonds is 1. The minimum absolute atomic E-state index is 0.137. The second-order valence-corrected chi connectivity index (χ2v) is 8.35.